The van der Waals surface area contributed by atoms with Gasteiger partial charge in [-0.05, 0) is 25.5 Å². The van der Waals surface area contributed by atoms with Crippen LogP contribution in [0.25, 0.3) is 0 Å². The zero-order valence-electron chi connectivity index (χ0n) is 11.3. The molecule has 0 saturated carbocycles. The van der Waals surface area contributed by atoms with Crippen molar-refractivity contribution in [1.29, 1.82) is 0 Å². The number of rotatable bonds is 5. The van der Waals surface area contributed by atoms with Crippen molar-refractivity contribution in [3.05, 3.63) is 41.5 Å². The first-order chi connectivity index (χ1) is 9.38. The molecule has 1 aromatic rings. The Kier molecular flexibility index (Phi) is 5.46. The third-order valence-corrected chi connectivity index (χ3v) is 2.44. The highest BCUT2D eigenvalue weighted by molar-refractivity contribution is 6.04. The summed E-state index contributed by atoms with van der Waals surface area (Å²) in [7, 11) is 0. The number of carbonyl (C=O) groups excluding carboxylic acids is 2. The summed E-state index contributed by atoms with van der Waals surface area (Å²) < 4.78 is 0. The second-order valence-electron chi connectivity index (χ2n) is 4.25. The lowest BCUT2D eigenvalue weighted by molar-refractivity contribution is -0.137. The molecule has 1 aromatic carbocycles. The number of benzene rings is 1. The highest BCUT2D eigenvalue weighted by Crippen LogP contribution is 2.15. The van der Waals surface area contributed by atoms with Gasteiger partial charge in [-0.3, -0.25) is 14.4 Å². The quantitative estimate of drug-likeness (QED) is 0.699. The monoisotopic (exact) mass is 276 g/mol. The van der Waals surface area contributed by atoms with E-state index >= 15 is 0 Å². The van der Waals surface area contributed by atoms with Crippen LogP contribution in [0.3, 0.4) is 0 Å². The van der Waals surface area contributed by atoms with Crippen molar-refractivity contribution >= 4 is 23.5 Å². The van der Waals surface area contributed by atoms with Gasteiger partial charge in [0.15, 0.2) is 0 Å². The van der Waals surface area contributed by atoms with Gasteiger partial charge in [-0.15, -0.1) is 0 Å². The predicted molar refractivity (Wildman–Crippen MR) is 74.3 cm³/mol. The Morgan fingerprint density at radius 3 is 2.40 bits per heavy atom. The molecule has 0 heterocycles. The number of carboxylic acids is 1. The number of carbonyl (C=O) groups is 3. The second kappa shape index (κ2) is 7.08. The van der Waals surface area contributed by atoms with Gasteiger partial charge in [0.1, 0.15) is 6.54 Å². The van der Waals surface area contributed by atoms with E-state index in [1.165, 1.54) is 0 Å². The van der Waals surface area contributed by atoms with Crippen molar-refractivity contribution < 1.29 is 19.5 Å². The molecule has 3 N–H and O–H groups in total. The number of aryl methyl sites for hydroxylation is 2. The van der Waals surface area contributed by atoms with E-state index in [4.69, 9.17) is 5.11 Å². The van der Waals surface area contributed by atoms with Crippen LogP contribution in [0.2, 0.25) is 0 Å². The van der Waals surface area contributed by atoms with Crippen molar-refractivity contribution in [2.45, 2.75) is 13.8 Å². The molecule has 6 nitrogen and oxygen atoms in total. The standard InChI is InChI=1S/C14H16N2O4/c1-9-3-4-11(10(2)7-9)16-13(18)6-5-12(17)15-8-14(19)20/h3-7H,8H2,1-2H3,(H,15,17)(H,16,18)(H,19,20). The molecule has 0 spiro atoms. The van der Waals surface area contributed by atoms with E-state index in [0.29, 0.717) is 5.69 Å². The summed E-state index contributed by atoms with van der Waals surface area (Å²) in [5.74, 6) is -2.24. The van der Waals surface area contributed by atoms with E-state index in [1.807, 2.05) is 26.0 Å². The molecule has 0 aliphatic carbocycles. The molecule has 0 aromatic heterocycles. The zero-order valence-corrected chi connectivity index (χ0v) is 11.3. The summed E-state index contributed by atoms with van der Waals surface area (Å²) in [5, 5.41) is 13.1. The number of aliphatic carboxylic acids is 1. The highest BCUT2D eigenvalue weighted by atomic mass is 16.4. The molecule has 6 heteroatoms. The Balaban J connectivity index is 2.55. The first-order valence-electron chi connectivity index (χ1n) is 5.94. The summed E-state index contributed by atoms with van der Waals surface area (Å²) in [6.45, 7) is 3.33. The Bertz CT molecular complexity index is 564. The molecule has 0 atom stereocenters. The van der Waals surface area contributed by atoms with E-state index < -0.39 is 24.3 Å². The third kappa shape index (κ3) is 5.34. The molecule has 0 unspecified atom stereocenters. The summed E-state index contributed by atoms with van der Waals surface area (Å²) >= 11 is 0. The van der Waals surface area contributed by atoms with E-state index in [2.05, 4.69) is 10.6 Å². The van der Waals surface area contributed by atoms with Crippen LogP contribution in [-0.2, 0) is 14.4 Å². The predicted octanol–water partition coefficient (Wildman–Crippen LogP) is 0.999. The number of amides is 2. The smallest absolute Gasteiger partial charge is 0.322 e. The largest absolute Gasteiger partial charge is 0.480 e. The van der Waals surface area contributed by atoms with Crippen molar-refractivity contribution in [2.24, 2.45) is 0 Å². The van der Waals surface area contributed by atoms with Crippen molar-refractivity contribution in [1.82, 2.24) is 5.32 Å². The van der Waals surface area contributed by atoms with Gasteiger partial charge >= 0.3 is 5.97 Å². The van der Waals surface area contributed by atoms with Gasteiger partial charge in [-0.1, -0.05) is 17.7 Å². The number of nitrogens with one attached hydrogen (secondary N) is 2. The topological polar surface area (TPSA) is 95.5 Å². The van der Waals surface area contributed by atoms with Crippen molar-refractivity contribution in [3.8, 4) is 0 Å². The fraction of sp³-hybridized carbons (Fsp3) is 0.214. The summed E-state index contributed by atoms with van der Waals surface area (Å²) in [6, 6.07) is 5.58. The summed E-state index contributed by atoms with van der Waals surface area (Å²) in [5.41, 5.74) is 2.67. The van der Waals surface area contributed by atoms with Gasteiger partial charge in [0.2, 0.25) is 11.8 Å². The van der Waals surface area contributed by atoms with E-state index in [-0.39, 0.29) is 0 Å². The van der Waals surface area contributed by atoms with E-state index in [1.54, 1.807) is 6.07 Å². The Morgan fingerprint density at radius 2 is 1.80 bits per heavy atom. The lowest BCUT2D eigenvalue weighted by Gasteiger charge is -2.06. The maximum atomic E-state index is 11.6. The molecule has 2 amide bonds. The number of anilines is 1. The average Bonchev–Trinajstić information content (AvgIpc) is 2.37. The van der Waals surface area contributed by atoms with Crippen molar-refractivity contribution in [3.63, 3.8) is 0 Å². The molecule has 106 valence electrons. The zero-order chi connectivity index (χ0) is 15.1. The summed E-state index contributed by atoms with van der Waals surface area (Å²) in [4.78, 5) is 33.0. The molecule has 0 aliphatic rings. The Morgan fingerprint density at radius 1 is 1.15 bits per heavy atom. The van der Waals surface area contributed by atoms with Crippen molar-refractivity contribution in [2.75, 3.05) is 11.9 Å². The first kappa shape index (κ1) is 15.4. The highest BCUT2D eigenvalue weighted by Gasteiger charge is 2.03. The lowest BCUT2D eigenvalue weighted by Crippen LogP contribution is -2.27. The van der Waals surface area contributed by atoms with Crippen LogP contribution in [0, 0.1) is 13.8 Å². The van der Waals surface area contributed by atoms with Crippen LogP contribution in [0.1, 0.15) is 11.1 Å². The molecule has 0 saturated heterocycles. The Labute approximate surface area is 116 Å². The number of hydrogen-bond acceptors (Lipinski definition) is 3. The van der Waals surface area contributed by atoms with Crippen LogP contribution < -0.4 is 10.6 Å². The van der Waals surface area contributed by atoms with Gasteiger partial charge in [0, 0.05) is 17.8 Å². The molecular weight excluding hydrogens is 260 g/mol. The van der Waals surface area contributed by atoms with Crippen LogP contribution in [0.15, 0.2) is 30.4 Å². The summed E-state index contributed by atoms with van der Waals surface area (Å²) in [6.07, 6.45) is 2.04. The van der Waals surface area contributed by atoms with Gasteiger partial charge in [0.05, 0.1) is 0 Å². The number of hydrogen-bond donors (Lipinski definition) is 3. The van der Waals surface area contributed by atoms with Crippen LogP contribution in [0.5, 0.6) is 0 Å². The van der Waals surface area contributed by atoms with Crippen LogP contribution >= 0.6 is 0 Å². The first-order valence-corrected chi connectivity index (χ1v) is 5.94. The molecule has 0 bridgehead atoms. The molecule has 0 aliphatic heterocycles. The molecule has 20 heavy (non-hydrogen) atoms. The fourth-order valence-electron chi connectivity index (χ4n) is 1.50. The lowest BCUT2D eigenvalue weighted by atomic mass is 10.1. The average molecular weight is 276 g/mol. The molecule has 0 radical (unpaired) electrons. The maximum Gasteiger partial charge on any atom is 0.322 e. The van der Waals surface area contributed by atoms with E-state index in [9.17, 15) is 14.4 Å². The number of carboxylic acid groups (broad SMARTS) is 1. The second-order valence-corrected chi connectivity index (χ2v) is 4.25. The van der Waals surface area contributed by atoms with Crippen LogP contribution in [-0.4, -0.2) is 29.4 Å². The van der Waals surface area contributed by atoms with Gasteiger partial charge in [-0.2, -0.15) is 0 Å². The third-order valence-electron chi connectivity index (χ3n) is 2.44. The minimum Gasteiger partial charge on any atom is -0.480 e. The van der Waals surface area contributed by atoms with Gasteiger partial charge in [0.25, 0.3) is 0 Å². The minimum absolute atomic E-state index is 0.456. The molecule has 1 rings (SSSR count). The minimum atomic E-state index is -1.15. The Hall–Kier alpha value is -2.63. The SMILES string of the molecule is Cc1ccc(NC(=O)C=CC(=O)NCC(=O)O)c(C)c1. The van der Waals surface area contributed by atoms with Gasteiger partial charge in [-0.25, -0.2) is 0 Å². The molecular formula is C14H16N2O4. The molecule has 0 fully saturated rings. The fourth-order valence-corrected chi connectivity index (χ4v) is 1.50. The van der Waals surface area contributed by atoms with Gasteiger partial charge < -0.3 is 15.7 Å². The van der Waals surface area contributed by atoms with E-state index in [0.717, 1.165) is 23.3 Å². The maximum absolute atomic E-state index is 11.6. The van der Waals surface area contributed by atoms with Crippen LogP contribution in [0.4, 0.5) is 5.69 Å². The normalized spacial score (nSPS) is 10.3.